The van der Waals surface area contributed by atoms with E-state index in [-0.39, 0.29) is 0 Å². The molecule has 3 heterocycles. The van der Waals surface area contributed by atoms with Crippen molar-refractivity contribution < 1.29 is 0 Å². The molecule has 0 N–H and O–H groups in total. The highest BCUT2D eigenvalue weighted by Crippen LogP contribution is 2.52. The fraction of sp³-hybridized carbons (Fsp3) is 0.0435. The highest BCUT2D eigenvalue weighted by molar-refractivity contribution is 6.40. The molecule has 360 valence electrons. The van der Waals surface area contributed by atoms with Gasteiger partial charge in [0.25, 0.3) is 0 Å². The fourth-order valence-corrected chi connectivity index (χ4v) is 11.5. The van der Waals surface area contributed by atoms with Gasteiger partial charge in [-0.25, -0.2) is 0 Å². The molecule has 0 aliphatic carbocycles. The predicted octanol–water partition coefficient (Wildman–Crippen LogP) is 16.1. The first-order chi connectivity index (χ1) is 38.1. The Hall–Kier alpha value is -11.5. The minimum Gasteiger partial charge on any atom is -0.308 e. The van der Waals surface area contributed by atoms with Crippen molar-refractivity contribution in [1.82, 2.24) is 13.7 Å². The first-order valence-electron chi connectivity index (χ1n) is 25.2. The molecule has 9 nitrogen and oxygen atoms in total. The van der Waals surface area contributed by atoms with Crippen molar-refractivity contribution in [2.75, 3.05) is 0 Å². The van der Waals surface area contributed by atoms with Crippen LogP contribution in [0.3, 0.4) is 0 Å². The molecule has 0 fully saturated rings. The molecule has 0 atom stereocenters. The number of rotatable bonds is 6. The first-order valence-corrected chi connectivity index (χ1v) is 25.2. The van der Waals surface area contributed by atoms with Crippen LogP contribution < -0.4 is 0 Å². The van der Waals surface area contributed by atoms with Gasteiger partial charge in [-0.1, -0.05) is 71.3 Å². The molecular weight excluding hydrogens is 955 g/mol. The van der Waals surface area contributed by atoms with Crippen LogP contribution in [0.5, 0.6) is 0 Å². The zero-order valence-electron chi connectivity index (χ0n) is 42.3. The molecule has 0 radical (unpaired) electrons. The summed E-state index contributed by atoms with van der Waals surface area (Å²) in [7, 11) is 0. The van der Waals surface area contributed by atoms with Crippen molar-refractivity contribution in [3.63, 3.8) is 0 Å². The number of hydrogen-bond donors (Lipinski definition) is 0. The number of aryl methyl sites for hydroxylation is 3. The van der Waals surface area contributed by atoms with E-state index >= 15 is 0 Å². The predicted molar refractivity (Wildman–Crippen MR) is 308 cm³/mol. The van der Waals surface area contributed by atoms with E-state index in [0.29, 0.717) is 33.4 Å². The number of fused-ring (bicyclic) bond motifs is 12. The van der Waals surface area contributed by atoms with Crippen molar-refractivity contribution in [2.45, 2.75) is 20.8 Å². The average molecular weight is 994 g/mol. The molecule has 0 aliphatic rings. The van der Waals surface area contributed by atoms with E-state index in [1.54, 1.807) is 18.2 Å². The van der Waals surface area contributed by atoms with Gasteiger partial charge in [-0.05, 0) is 182 Å². The Morgan fingerprint density at radius 2 is 0.487 bits per heavy atom. The number of nitrogens with zero attached hydrogens (tertiary/aromatic N) is 9. The van der Waals surface area contributed by atoms with Gasteiger partial charge in [0.15, 0.2) is 0 Å². The van der Waals surface area contributed by atoms with Crippen LogP contribution in [0.4, 0.5) is 0 Å². The van der Waals surface area contributed by atoms with Crippen molar-refractivity contribution in [1.29, 1.82) is 31.6 Å². The summed E-state index contributed by atoms with van der Waals surface area (Å²) in [5, 5.41) is 66.8. The Morgan fingerprint density at radius 1 is 0.256 bits per heavy atom. The standard InChI is InChI=1S/C69H39N9/c1-40-4-13-55(14-5-40)76-61-19-10-49(52-25-43(34-70)22-44(26-52)35-71)31-58(61)64-67(76)65-59-32-50(53-27-45(36-72)23-46(28-53)37-73)11-20-62(59)77(56-15-6-41(2)7-16-56)69(65)66-60-33-51(54-29-47(38-74)24-48(30-54)39-75)12-21-63(60)78(68(64)66)57-17-8-42(3)9-18-57/h4-33H,1-3H3. The third-order valence-electron chi connectivity index (χ3n) is 15.1. The van der Waals surface area contributed by atoms with Crippen LogP contribution >= 0.6 is 0 Å². The molecular formula is C69H39N9. The summed E-state index contributed by atoms with van der Waals surface area (Å²) in [6.07, 6.45) is 0. The Labute approximate surface area is 448 Å². The number of hydrogen-bond acceptors (Lipinski definition) is 6. The van der Waals surface area contributed by atoms with E-state index in [9.17, 15) is 31.6 Å². The highest BCUT2D eigenvalue weighted by Gasteiger charge is 2.30. The van der Waals surface area contributed by atoms with Crippen LogP contribution in [0.2, 0.25) is 0 Å². The summed E-state index contributed by atoms with van der Waals surface area (Å²) in [6.45, 7) is 6.24. The molecule has 0 unspecified atom stereocenters. The van der Waals surface area contributed by atoms with Crippen molar-refractivity contribution in [3.8, 4) is 86.9 Å². The van der Waals surface area contributed by atoms with E-state index in [0.717, 1.165) is 133 Å². The molecule has 0 spiro atoms. The minimum absolute atomic E-state index is 0.384. The van der Waals surface area contributed by atoms with Gasteiger partial charge in [-0.15, -0.1) is 0 Å². The largest absolute Gasteiger partial charge is 0.308 e. The maximum Gasteiger partial charge on any atom is 0.0992 e. The maximum atomic E-state index is 10.2. The summed E-state index contributed by atoms with van der Waals surface area (Å²) in [6, 6.07) is 74.2. The summed E-state index contributed by atoms with van der Waals surface area (Å²) >= 11 is 0. The van der Waals surface area contributed by atoms with Gasteiger partial charge < -0.3 is 13.7 Å². The highest BCUT2D eigenvalue weighted by atomic mass is 15.0. The maximum absolute atomic E-state index is 10.2. The van der Waals surface area contributed by atoms with Crippen LogP contribution in [0.25, 0.3) is 116 Å². The minimum atomic E-state index is 0.384. The fourth-order valence-electron chi connectivity index (χ4n) is 11.5. The number of nitriles is 6. The van der Waals surface area contributed by atoms with Crippen LogP contribution in [0.1, 0.15) is 50.1 Å². The second kappa shape index (κ2) is 17.9. The molecule has 0 amide bonds. The number of benzene rings is 10. The third-order valence-corrected chi connectivity index (χ3v) is 15.1. The smallest absolute Gasteiger partial charge is 0.0992 e. The summed E-state index contributed by atoms with van der Waals surface area (Å²) in [4.78, 5) is 0. The summed E-state index contributed by atoms with van der Waals surface area (Å²) in [5.74, 6) is 0. The topological polar surface area (TPSA) is 158 Å². The van der Waals surface area contributed by atoms with E-state index < -0.39 is 0 Å². The normalized spacial score (nSPS) is 11.2. The van der Waals surface area contributed by atoms with Gasteiger partial charge >= 0.3 is 0 Å². The molecule has 3 aromatic heterocycles. The summed E-state index contributed by atoms with van der Waals surface area (Å²) in [5.41, 5.74) is 18.7. The molecule has 0 bridgehead atoms. The lowest BCUT2D eigenvalue weighted by Gasteiger charge is -2.14. The Balaban J connectivity index is 1.34. The van der Waals surface area contributed by atoms with Gasteiger partial charge in [0.05, 0.1) is 103 Å². The Morgan fingerprint density at radius 3 is 0.705 bits per heavy atom. The van der Waals surface area contributed by atoms with Gasteiger partial charge in [-0.3, -0.25) is 0 Å². The third kappa shape index (κ3) is 7.25. The van der Waals surface area contributed by atoms with Gasteiger partial charge in [-0.2, -0.15) is 31.6 Å². The van der Waals surface area contributed by atoms with Crippen LogP contribution in [-0.4, -0.2) is 13.7 Å². The SMILES string of the molecule is Cc1ccc(-n2c3ccc(-c4cc(C#N)cc(C#N)c4)cc3c3c2c2c4cc(-c5cc(C#N)cc(C#N)c5)ccc4n(-c4ccc(C)cc4)c2c2c4cc(-c5cc(C#N)cc(C#N)c5)ccc4n(-c4ccc(C)cc4)c32)cc1. The zero-order chi connectivity index (χ0) is 53.5. The molecule has 0 saturated carbocycles. The Kier molecular flexibility index (Phi) is 10.6. The van der Waals surface area contributed by atoms with Crippen molar-refractivity contribution in [3.05, 3.63) is 232 Å². The van der Waals surface area contributed by atoms with Crippen LogP contribution in [-0.2, 0) is 0 Å². The second-order valence-electron chi connectivity index (χ2n) is 19.9. The zero-order valence-corrected chi connectivity index (χ0v) is 42.3. The van der Waals surface area contributed by atoms with E-state index in [2.05, 4.69) is 198 Å². The Bertz CT molecular complexity index is 4410. The van der Waals surface area contributed by atoms with E-state index in [1.807, 2.05) is 36.4 Å². The average Bonchev–Trinajstić information content (AvgIpc) is 3.05. The first kappa shape index (κ1) is 46.3. The number of aromatic nitrogens is 3. The lowest BCUT2D eigenvalue weighted by atomic mass is 9.96. The van der Waals surface area contributed by atoms with Crippen LogP contribution in [0.15, 0.2) is 182 Å². The molecule has 78 heavy (non-hydrogen) atoms. The quantitative estimate of drug-likeness (QED) is 0.161. The second-order valence-corrected chi connectivity index (χ2v) is 19.9. The van der Waals surface area contributed by atoms with Gasteiger partial charge in [0.1, 0.15) is 0 Å². The molecule has 0 saturated heterocycles. The summed E-state index contributed by atoms with van der Waals surface area (Å²) < 4.78 is 7.07. The molecule has 9 heteroatoms. The molecule has 0 aliphatic heterocycles. The molecule has 13 aromatic rings. The lowest BCUT2D eigenvalue weighted by Crippen LogP contribution is -1.98. The monoisotopic (exact) mass is 993 g/mol. The molecule has 13 rings (SSSR count). The van der Waals surface area contributed by atoms with E-state index in [1.165, 1.54) is 0 Å². The van der Waals surface area contributed by atoms with Crippen molar-refractivity contribution >= 4 is 65.4 Å². The van der Waals surface area contributed by atoms with Crippen molar-refractivity contribution in [2.24, 2.45) is 0 Å². The van der Waals surface area contributed by atoms with Gasteiger partial charge in [0, 0.05) is 49.4 Å². The van der Waals surface area contributed by atoms with E-state index in [4.69, 9.17) is 0 Å². The van der Waals surface area contributed by atoms with Gasteiger partial charge in [0.2, 0.25) is 0 Å². The lowest BCUT2D eigenvalue weighted by molar-refractivity contribution is 1.17. The van der Waals surface area contributed by atoms with Crippen LogP contribution in [0, 0.1) is 88.8 Å². The molecule has 10 aromatic carbocycles.